The van der Waals surface area contributed by atoms with Crippen molar-refractivity contribution in [1.29, 1.82) is 0 Å². The predicted octanol–water partition coefficient (Wildman–Crippen LogP) is 5.56. The van der Waals surface area contributed by atoms with Gasteiger partial charge in [-0.25, -0.2) is 0 Å². The minimum Gasteiger partial charge on any atom is -0.497 e. The van der Waals surface area contributed by atoms with Gasteiger partial charge >= 0.3 is 5.97 Å². The second-order valence-electron chi connectivity index (χ2n) is 11.9. The fourth-order valence-corrected chi connectivity index (χ4v) is 9.28. The van der Waals surface area contributed by atoms with Gasteiger partial charge in [-0.05, 0) is 99.8 Å². The molecule has 1 aromatic rings. The molecule has 1 aromatic carbocycles. The summed E-state index contributed by atoms with van der Waals surface area (Å²) in [7, 11) is 1.73. The topological polar surface area (TPSA) is 44.8 Å². The molecule has 0 amide bonds. The van der Waals surface area contributed by atoms with Gasteiger partial charge in [-0.15, -0.1) is 0 Å². The van der Waals surface area contributed by atoms with Gasteiger partial charge in [0.25, 0.3) is 0 Å². The maximum absolute atomic E-state index is 12.8. The number of cyclic esters (lactones) is 1. The van der Waals surface area contributed by atoms with Crippen LogP contribution in [0.2, 0.25) is 0 Å². The summed E-state index contributed by atoms with van der Waals surface area (Å²) in [6.07, 6.45) is 9.03. The summed E-state index contributed by atoms with van der Waals surface area (Å²) in [4.78, 5) is 12.8. The van der Waals surface area contributed by atoms with E-state index >= 15 is 0 Å². The molecule has 7 atom stereocenters. The summed E-state index contributed by atoms with van der Waals surface area (Å²) in [5.74, 6) is 3.56. The highest BCUT2D eigenvalue weighted by molar-refractivity contribution is 5.78. The number of hydrogen-bond donors (Lipinski definition) is 0. The zero-order valence-electron chi connectivity index (χ0n) is 19.5. The molecule has 3 saturated carbocycles. The lowest BCUT2D eigenvalue weighted by molar-refractivity contribution is -0.255. The molecule has 2 heterocycles. The highest BCUT2D eigenvalue weighted by Crippen LogP contribution is 2.72. The zero-order chi connectivity index (χ0) is 21.6. The Hall–Kier alpha value is -1.71. The lowest BCUT2D eigenvalue weighted by atomic mass is 9.36. The first kappa shape index (κ1) is 19.9. The second-order valence-corrected chi connectivity index (χ2v) is 11.9. The van der Waals surface area contributed by atoms with Gasteiger partial charge in [0.05, 0.1) is 19.1 Å². The molecule has 31 heavy (non-hydrogen) atoms. The average molecular weight is 425 g/mol. The van der Waals surface area contributed by atoms with E-state index in [4.69, 9.17) is 14.2 Å². The summed E-state index contributed by atoms with van der Waals surface area (Å²) >= 11 is 0. The Bertz CT molecular complexity index is 941. The smallest absolute Gasteiger partial charge is 0.312 e. The third-order valence-corrected chi connectivity index (χ3v) is 10.7. The van der Waals surface area contributed by atoms with Crippen molar-refractivity contribution in [2.24, 2.45) is 34.0 Å². The van der Waals surface area contributed by atoms with E-state index in [0.717, 1.165) is 43.6 Å². The number of benzene rings is 1. The normalized spacial score (nSPS) is 47.6. The lowest BCUT2D eigenvalue weighted by Gasteiger charge is -2.70. The molecule has 0 unspecified atom stereocenters. The first-order valence-corrected chi connectivity index (χ1v) is 12.3. The standard InChI is InChI=1S/C27H36O4/c1-24-12-8-21-25(2)10-5-11-27(21,16-30-23(25)28)20(24)9-13-26(3)22(24)15-17-14-18(29-4)6-7-19(17)31-26/h6-7,14,20-22H,5,8-13,15-16H2,1-4H3/t20-,21-,22-,24+,25-,26-,27-/m0/s1. The Kier molecular flexibility index (Phi) is 3.99. The fourth-order valence-electron chi connectivity index (χ4n) is 9.28. The van der Waals surface area contributed by atoms with E-state index in [1.54, 1.807) is 7.11 Å². The van der Waals surface area contributed by atoms with Gasteiger partial charge in [0.15, 0.2) is 0 Å². The highest BCUT2D eigenvalue weighted by atomic mass is 16.5. The van der Waals surface area contributed by atoms with Crippen LogP contribution in [0.1, 0.15) is 71.3 Å². The molecule has 2 bridgehead atoms. The fraction of sp³-hybridized carbons (Fsp3) is 0.741. The van der Waals surface area contributed by atoms with Crippen molar-refractivity contribution < 1.29 is 19.0 Å². The van der Waals surface area contributed by atoms with Crippen LogP contribution >= 0.6 is 0 Å². The van der Waals surface area contributed by atoms with Gasteiger partial charge in [-0.2, -0.15) is 0 Å². The highest BCUT2D eigenvalue weighted by Gasteiger charge is 2.70. The number of rotatable bonds is 1. The Balaban J connectivity index is 1.42. The summed E-state index contributed by atoms with van der Waals surface area (Å²) in [6, 6.07) is 6.28. The summed E-state index contributed by atoms with van der Waals surface area (Å²) in [5.41, 5.74) is 1.24. The molecule has 3 aliphatic carbocycles. The first-order valence-electron chi connectivity index (χ1n) is 12.3. The number of hydrogen-bond acceptors (Lipinski definition) is 4. The average Bonchev–Trinajstić information content (AvgIpc) is 2.74. The van der Waals surface area contributed by atoms with Crippen LogP contribution in [-0.2, 0) is 16.0 Å². The minimum absolute atomic E-state index is 0.0686. The van der Waals surface area contributed by atoms with Crippen LogP contribution in [0.5, 0.6) is 11.5 Å². The Morgan fingerprint density at radius 1 is 1.00 bits per heavy atom. The van der Waals surface area contributed by atoms with Gasteiger partial charge in [-0.3, -0.25) is 4.79 Å². The van der Waals surface area contributed by atoms with Crippen molar-refractivity contribution in [3.05, 3.63) is 23.8 Å². The Morgan fingerprint density at radius 2 is 1.81 bits per heavy atom. The maximum atomic E-state index is 12.8. The molecule has 4 heteroatoms. The van der Waals surface area contributed by atoms with E-state index in [9.17, 15) is 4.79 Å². The molecule has 0 N–H and O–H groups in total. The molecule has 168 valence electrons. The SMILES string of the molecule is COc1ccc2c(c1)C[C@H]1[C@]3(C)CC[C@@H]4[C@]5(CCC[C@]4(C)C(=O)OC5)[C@H]3CC[C@]1(C)O2. The number of carbonyl (C=O) groups excluding carboxylic acids is 1. The largest absolute Gasteiger partial charge is 0.497 e. The van der Waals surface area contributed by atoms with E-state index < -0.39 is 0 Å². The number of methoxy groups -OCH3 is 1. The van der Waals surface area contributed by atoms with Gasteiger partial charge in [-0.1, -0.05) is 13.3 Å². The molecular weight excluding hydrogens is 388 g/mol. The van der Waals surface area contributed by atoms with Gasteiger partial charge in [0.2, 0.25) is 0 Å². The van der Waals surface area contributed by atoms with Crippen molar-refractivity contribution in [3.8, 4) is 11.5 Å². The molecule has 0 spiro atoms. The Morgan fingerprint density at radius 3 is 2.61 bits per heavy atom. The molecule has 4 nitrogen and oxygen atoms in total. The van der Waals surface area contributed by atoms with E-state index in [2.05, 4.69) is 32.9 Å². The van der Waals surface area contributed by atoms with E-state index in [1.165, 1.54) is 24.8 Å². The monoisotopic (exact) mass is 424 g/mol. The van der Waals surface area contributed by atoms with E-state index in [1.807, 2.05) is 6.07 Å². The van der Waals surface area contributed by atoms with Crippen LogP contribution in [-0.4, -0.2) is 25.3 Å². The van der Waals surface area contributed by atoms with Crippen LogP contribution in [0.3, 0.4) is 0 Å². The molecule has 0 aromatic heterocycles. The second kappa shape index (κ2) is 6.20. The summed E-state index contributed by atoms with van der Waals surface area (Å²) < 4.78 is 18.2. The van der Waals surface area contributed by atoms with Gasteiger partial charge in [0, 0.05) is 11.3 Å². The molecule has 0 radical (unpaired) electrons. The van der Waals surface area contributed by atoms with Crippen LogP contribution in [0, 0.1) is 34.0 Å². The van der Waals surface area contributed by atoms with Crippen LogP contribution in [0.25, 0.3) is 0 Å². The molecule has 2 aliphatic heterocycles. The molecule has 6 rings (SSSR count). The van der Waals surface area contributed by atoms with Crippen molar-refractivity contribution in [1.82, 2.24) is 0 Å². The third kappa shape index (κ3) is 2.40. The zero-order valence-corrected chi connectivity index (χ0v) is 19.5. The van der Waals surface area contributed by atoms with E-state index in [0.29, 0.717) is 24.4 Å². The Labute approximate surface area is 186 Å². The number of carbonyl (C=O) groups is 1. The first-order chi connectivity index (χ1) is 14.8. The molecule has 1 saturated heterocycles. The number of esters is 1. The third-order valence-electron chi connectivity index (χ3n) is 10.7. The number of ether oxygens (including phenoxy) is 3. The lowest BCUT2D eigenvalue weighted by Crippen LogP contribution is -2.69. The van der Waals surface area contributed by atoms with Crippen molar-refractivity contribution >= 4 is 5.97 Å². The summed E-state index contributed by atoms with van der Waals surface area (Å²) in [6.45, 7) is 7.74. The molecule has 5 aliphatic rings. The molecular formula is C27H36O4. The van der Waals surface area contributed by atoms with Gasteiger partial charge in [0.1, 0.15) is 17.1 Å². The quantitative estimate of drug-likeness (QED) is 0.553. The van der Waals surface area contributed by atoms with Crippen LogP contribution in [0.15, 0.2) is 18.2 Å². The van der Waals surface area contributed by atoms with Gasteiger partial charge < -0.3 is 14.2 Å². The summed E-state index contributed by atoms with van der Waals surface area (Å²) in [5, 5.41) is 0. The van der Waals surface area contributed by atoms with Crippen molar-refractivity contribution in [2.45, 2.75) is 77.7 Å². The maximum Gasteiger partial charge on any atom is 0.312 e. The minimum atomic E-state index is -0.276. The van der Waals surface area contributed by atoms with Crippen molar-refractivity contribution in [3.63, 3.8) is 0 Å². The number of fused-ring (bicyclic) bond motifs is 4. The predicted molar refractivity (Wildman–Crippen MR) is 118 cm³/mol. The van der Waals surface area contributed by atoms with E-state index in [-0.39, 0.29) is 27.8 Å². The molecule has 4 fully saturated rings. The van der Waals surface area contributed by atoms with Crippen molar-refractivity contribution in [2.75, 3.05) is 13.7 Å². The van der Waals surface area contributed by atoms with Crippen LogP contribution < -0.4 is 9.47 Å². The van der Waals surface area contributed by atoms with Crippen LogP contribution in [0.4, 0.5) is 0 Å².